The Bertz CT molecular complexity index is 347. The fraction of sp³-hybridized carbons (Fsp3) is 0.417. The highest BCUT2D eigenvalue weighted by molar-refractivity contribution is 5.88. The maximum atomic E-state index is 11.4. The van der Waals surface area contributed by atoms with Crippen LogP contribution in [0.5, 0.6) is 0 Å². The van der Waals surface area contributed by atoms with Gasteiger partial charge in [0.2, 0.25) is 0 Å². The van der Waals surface area contributed by atoms with Crippen molar-refractivity contribution in [3.05, 3.63) is 29.8 Å². The topological polar surface area (TPSA) is 29.5 Å². The van der Waals surface area contributed by atoms with Crippen molar-refractivity contribution < 1.29 is 9.53 Å². The fourth-order valence-corrected chi connectivity index (χ4v) is 1.52. The molecule has 0 bridgehead atoms. The lowest BCUT2D eigenvalue weighted by Gasteiger charge is -2.20. The third-order valence-electron chi connectivity index (χ3n) is 2.37. The van der Waals surface area contributed by atoms with Crippen molar-refractivity contribution in [3.8, 4) is 0 Å². The van der Waals surface area contributed by atoms with E-state index in [1.54, 1.807) is 7.05 Å². The van der Waals surface area contributed by atoms with Gasteiger partial charge in [0.15, 0.2) is 0 Å². The summed E-state index contributed by atoms with van der Waals surface area (Å²) in [7, 11) is 3.10. The Labute approximate surface area is 90.7 Å². The van der Waals surface area contributed by atoms with E-state index in [1.165, 1.54) is 12.0 Å². The molecule has 1 rings (SSSR count). The highest BCUT2D eigenvalue weighted by Crippen LogP contribution is 2.26. The molecule has 0 atom stereocenters. The van der Waals surface area contributed by atoms with Gasteiger partial charge in [0.25, 0.3) is 0 Å². The number of benzene rings is 1. The predicted octanol–water partition coefficient (Wildman–Crippen LogP) is 3.01. The van der Waals surface area contributed by atoms with Gasteiger partial charge in [-0.1, -0.05) is 32.0 Å². The van der Waals surface area contributed by atoms with E-state index in [2.05, 4.69) is 18.6 Å². The SMILES string of the molecule is COC(=O)N(C)c1ccccc1C(C)C. The molecule has 0 spiro atoms. The van der Waals surface area contributed by atoms with Crippen LogP contribution in [0.1, 0.15) is 25.3 Å². The van der Waals surface area contributed by atoms with Crippen LogP contribution >= 0.6 is 0 Å². The van der Waals surface area contributed by atoms with Gasteiger partial charge >= 0.3 is 6.09 Å². The molecule has 3 heteroatoms. The first-order valence-corrected chi connectivity index (χ1v) is 4.98. The highest BCUT2D eigenvalue weighted by Gasteiger charge is 2.15. The van der Waals surface area contributed by atoms with Crippen molar-refractivity contribution in [1.82, 2.24) is 0 Å². The molecular formula is C12H17NO2. The van der Waals surface area contributed by atoms with E-state index in [4.69, 9.17) is 0 Å². The molecule has 15 heavy (non-hydrogen) atoms. The van der Waals surface area contributed by atoms with Crippen LogP contribution in [0.25, 0.3) is 0 Å². The lowest BCUT2D eigenvalue weighted by atomic mass is 10.0. The second-order valence-electron chi connectivity index (χ2n) is 3.74. The molecule has 0 aliphatic heterocycles. The van der Waals surface area contributed by atoms with E-state index in [0.717, 1.165) is 11.3 Å². The van der Waals surface area contributed by atoms with E-state index in [-0.39, 0.29) is 6.09 Å². The Morgan fingerprint density at radius 2 is 1.93 bits per heavy atom. The van der Waals surface area contributed by atoms with E-state index in [1.807, 2.05) is 24.3 Å². The second kappa shape index (κ2) is 4.82. The van der Waals surface area contributed by atoms with Gasteiger partial charge in [-0.2, -0.15) is 0 Å². The van der Waals surface area contributed by atoms with Crippen LogP contribution in [-0.4, -0.2) is 20.3 Å². The molecule has 1 amide bonds. The second-order valence-corrected chi connectivity index (χ2v) is 3.74. The van der Waals surface area contributed by atoms with Crippen LogP contribution in [0.15, 0.2) is 24.3 Å². The number of carbonyl (C=O) groups is 1. The van der Waals surface area contributed by atoms with E-state index < -0.39 is 0 Å². The molecule has 0 fully saturated rings. The summed E-state index contributed by atoms with van der Waals surface area (Å²) in [6, 6.07) is 7.84. The number of carbonyl (C=O) groups excluding carboxylic acids is 1. The smallest absolute Gasteiger partial charge is 0.413 e. The number of methoxy groups -OCH3 is 1. The van der Waals surface area contributed by atoms with Gasteiger partial charge in [-0.3, -0.25) is 4.90 Å². The number of para-hydroxylation sites is 1. The predicted molar refractivity (Wildman–Crippen MR) is 61.3 cm³/mol. The number of ether oxygens (including phenoxy) is 1. The zero-order chi connectivity index (χ0) is 11.4. The summed E-state index contributed by atoms with van der Waals surface area (Å²) >= 11 is 0. The first-order chi connectivity index (χ1) is 7.07. The molecule has 82 valence electrons. The largest absolute Gasteiger partial charge is 0.452 e. The van der Waals surface area contributed by atoms with Gasteiger partial charge in [-0.25, -0.2) is 4.79 Å². The Balaban J connectivity index is 3.07. The zero-order valence-electron chi connectivity index (χ0n) is 9.65. The summed E-state index contributed by atoms with van der Waals surface area (Å²) in [6.07, 6.45) is -0.344. The first kappa shape index (κ1) is 11.6. The summed E-state index contributed by atoms with van der Waals surface area (Å²) in [5, 5.41) is 0. The van der Waals surface area contributed by atoms with Crippen molar-refractivity contribution in [3.63, 3.8) is 0 Å². The minimum atomic E-state index is -0.344. The average Bonchev–Trinajstić information content (AvgIpc) is 2.27. The van der Waals surface area contributed by atoms with Crippen LogP contribution in [0.3, 0.4) is 0 Å². The summed E-state index contributed by atoms with van der Waals surface area (Å²) in [5.74, 6) is 0.383. The third kappa shape index (κ3) is 2.49. The molecule has 0 N–H and O–H groups in total. The molecule has 0 saturated carbocycles. The lowest BCUT2D eigenvalue weighted by molar-refractivity contribution is 0.180. The Hall–Kier alpha value is -1.51. The van der Waals surface area contributed by atoms with Crippen LogP contribution in [0, 0.1) is 0 Å². The minimum Gasteiger partial charge on any atom is -0.452 e. The molecule has 0 saturated heterocycles. The van der Waals surface area contributed by atoms with Crippen molar-refractivity contribution >= 4 is 11.8 Å². The van der Waals surface area contributed by atoms with Crippen LogP contribution in [-0.2, 0) is 4.74 Å². The molecule has 3 nitrogen and oxygen atoms in total. The molecule has 0 unspecified atom stereocenters. The molecule has 0 heterocycles. The van der Waals surface area contributed by atoms with Gasteiger partial charge < -0.3 is 4.74 Å². The van der Waals surface area contributed by atoms with Crippen molar-refractivity contribution in [2.75, 3.05) is 19.1 Å². The number of amides is 1. The van der Waals surface area contributed by atoms with Crippen molar-refractivity contribution in [2.45, 2.75) is 19.8 Å². The van der Waals surface area contributed by atoms with Gasteiger partial charge in [-0.15, -0.1) is 0 Å². The van der Waals surface area contributed by atoms with E-state index >= 15 is 0 Å². The number of rotatable bonds is 2. The standard InChI is InChI=1S/C12H17NO2/c1-9(2)10-7-5-6-8-11(10)13(3)12(14)15-4/h5-9H,1-4H3. The first-order valence-electron chi connectivity index (χ1n) is 4.98. The maximum absolute atomic E-state index is 11.4. The average molecular weight is 207 g/mol. The maximum Gasteiger partial charge on any atom is 0.413 e. The van der Waals surface area contributed by atoms with Gasteiger partial charge in [-0.05, 0) is 17.5 Å². The Morgan fingerprint density at radius 3 is 2.47 bits per heavy atom. The van der Waals surface area contributed by atoms with E-state index in [0.29, 0.717) is 5.92 Å². The highest BCUT2D eigenvalue weighted by atomic mass is 16.5. The van der Waals surface area contributed by atoms with Gasteiger partial charge in [0, 0.05) is 7.05 Å². The molecule has 0 aliphatic rings. The molecule has 0 aliphatic carbocycles. The van der Waals surface area contributed by atoms with Crippen molar-refractivity contribution in [2.24, 2.45) is 0 Å². The quantitative estimate of drug-likeness (QED) is 0.746. The van der Waals surface area contributed by atoms with Crippen LogP contribution in [0.2, 0.25) is 0 Å². The van der Waals surface area contributed by atoms with Gasteiger partial charge in [0.05, 0.1) is 12.8 Å². The minimum absolute atomic E-state index is 0.344. The molecule has 1 aromatic carbocycles. The fourth-order valence-electron chi connectivity index (χ4n) is 1.52. The van der Waals surface area contributed by atoms with Crippen molar-refractivity contribution in [1.29, 1.82) is 0 Å². The molecule has 1 aromatic rings. The summed E-state index contributed by atoms with van der Waals surface area (Å²) in [6.45, 7) is 4.20. The molecule has 0 aromatic heterocycles. The van der Waals surface area contributed by atoms with Crippen LogP contribution in [0.4, 0.5) is 10.5 Å². The molecular weight excluding hydrogens is 190 g/mol. The lowest BCUT2D eigenvalue weighted by Crippen LogP contribution is -2.27. The summed E-state index contributed by atoms with van der Waals surface area (Å²) in [5.41, 5.74) is 2.05. The monoisotopic (exact) mass is 207 g/mol. The Kier molecular flexibility index (Phi) is 3.72. The molecule has 0 radical (unpaired) electrons. The van der Waals surface area contributed by atoms with E-state index in [9.17, 15) is 4.79 Å². The van der Waals surface area contributed by atoms with Gasteiger partial charge in [0.1, 0.15) is 0 Å². The number of anilines is 1. The Morgan fingerprint density at radius 1 is 1.33 bits per heavy atom. The van der Waals surface area contributed by atoms with Crippen LogP contribution < -0.4 is 4.90 Å². The number of hydrogen-bond acceptors (Lipinski definition) is 2. The number of nitrogens with zero attached hydrogens (tertiary/aromatic N) is 1. The summed E-state index contributed by atoms with van der Waals surface area (Å²) < 4.78 is 4.69. The normalized spacial score (nSPS) is 10.2. The number of hydrogen-bond donors (Lipinski definition) is 0. The zero-order valence-corrected chi connectivity index (χ0v) is 9.65. The summed E-state index contributed by atoms with van der Waals surface area (Å²) in [4.78, 5) is 12.9. The third-order valence-corrected chi connectivity index (χ3v) is 2.37.